The smallest absolute Gasteiger partial charge is 0.355 e. The van der Waals surface area contributed by atoms with Crippen LogP contribution in [-0.2, 0) is 0 Å². The van der Waals surface area contributed by atoms with E-state index in [0.29, 0.717) is 31.4 Å². The van der Waals surface area contributed by atoms with Crippen molar-refractivity contribution >= 4 is 5.96 Å². The van der Waals surface area contributed by atoms with Crippen molar-refractivity contribution in [2.75, 3.05) is 13.1 Å². The maximum absolute atomic E-state index is 11.8. The number of unbranched alkanes of at least 4 members (excludes halogenated alkanes) is 1. The molecule has 4 N–H and O–H groups in total. The summed E-state index contributed by atoms with van der Waals surface area (Å²) in [5.74, 6) is 6.05. The van der Waals surface area contributed by atoms with Gasteiger partial charge in [-0.1, -0.05) is 13.8 Å². The van der Waals surface area contributed by atoms with E-state index in [0.717, 1.165) is 0 Å². The van der Waals surface area contributed by atoms with Crippen LogP contribution in [0.3, 0.4) is 0 Å². The van der Waals surface area contributed by atoms with Gasteiger partial charge in [0.05, 0.1) is 0 Å². The van der Waals surface area contributed by atoms with E-state index in [1.807, 2.05) is 13.8 Å². The van der Waals surface area contributed by atoms with Gasteiger partial charge in [0.1, 0.15) is 0 Å². The molecule has 0 aliphatic rings. The van der Waals surface area contributed by atoms with Crippen LogP contribution >= 0.6 is 0 Å². The van der Waals surface area contributed by atoms with E-state index in [2.05, 4.69) is 15.7 Å². The van der Waals surface area contributed by atoms with Crippen LogP contribution in [0.2, 0.25) is 0 Å². The van der Waals surface area contributed by atoms with Gasteiger partial charge in [0.15, 0.2) is 0 Å². The van der Waals surface area contributed by atoms with Crippen LogP contribution in [0.5, 0.6) is 0 Å². The summed E-state index contributed by atoms with van der Waals surface area (Å²) >= 11 is 0. The Hall–Kier alpha value is -0.980. The summed E-state index contributed by atoms with van der Waals surface area (Å²) in [4.78, 5) is 4.14. The molecule has 0 saturated carbocycles. The minimum Gasteiger partial charge on any atom is -0.355 e. The summed E-state index contributed by atoms with van der Waals surface area (Å²) in [5.41, 5.74) is 2.38. The fourth-order valence-electron chi connectivity index (χ4n) is 1.08. The molecule has 0 rings (SSSR count). The van der Waals surface area contributed by atoms with E-state index in [9.17, 15) is 13.2 Å². The lowest BCUT2D eigenvalue weighted by Gasteiger charge is -2.10. The number of rotatable bonds is 6. The molecule has 0 aromatic carbocycles. The summed E-state index contributed by atoms with van der Waals surface area (Å²) in [6.07, 6.45) is -4.27. The van der Waals surface area contributed by atoms with Crippen molar-refractivity contribution in [2.45, 2.75) is 39.3 Å². The molecule has 0 atom stereocenters. The number of nitrogens with one attached hydrogen (secondary N) is 2. The third-order valence-corrected chi connectivity index (χ3v) is 1.93. The van der Waals surface area contributed by atoms with Crippen LogP contribution in [0, 0.1) is 5.92 Å². The molecule has 0 spiro atoms. The normalized spacial score (nSPS) is 13.0. The van der Waals surface area contributed by atoms with Crippen molar-refractivity contribution in [1.82, 2.24) is 10.7 Å². The first kappa shape index (κ1) is 16.0. The molecule has 0 aliphatic carbocycles. The van der Waals surface area contributed by atoms with E-state index >= 15 is 0 Å². The maximum Gasteiger partial charge on any atom is 0.389 e. The van der Waals surface area contributed by atoms with Crippen LogP contribution < -0.4 is 16.6 Å². The lowest BCUT2D eigenvalue weighted by Crippen LogP contribution is -2.42. The van der Waals surface area contributed by atoms with Crippen LogP contribution in [0.15, 0.2) is 4.99 Å². The zero-order valence-electron chi connectivity index (χ0n) is 10.3. The standard InChI is InChI=1S/C10H21F3N4/c1-8(2)7-16-9(17-14)15-6-4-3-5-10(11,12)13/h8H,3-7,14H2,1-2H3,(H2,15,16,17). The molecular formula is C10H21F3N4. The molecule has 0 unspecified atom stereocenters. The van der Waals surface area contributed by atoms with Gasteiger partial charge in [-0.05, 0) is 18.8 Å². The van der Waals surface area contributed by atoms with E-state index in [4.69, 9.17) is 5.84 Å². The summed E-state index contributed by atoms with van der Waals surface area (Å²) in [6, 6.07) is 0. The Morgan fingerprint density at radius 3 is 2.41 bits per heavy atom. The first-order valence-corrected chi connectivity index (χ1v) is 5.67. The van der Waals surface area contributed by atoms with Gasteiger partial charge in [-0.2, -0.15) is 13.2 Å². The Morgan fingerprint density at radius 2 is 1.94 bits per heavy atom. The molecule has 4 nitrogen and oxygen atoms in total. The zero-order valence-corrected chi connectivity index (χ0v) is 10.3. The summed E-state index contributed by atoms with van der Waals surface area (Å²) in [6.45, 7) is 5.08. The highest BCUT2D eigenvalue weighted by Gasteiger charge is 2.25. The molecule has 0 saturated heterocycles. The molecule has 0 radical (unpaired) electrons. The number of halogens is 3. The predicted octanol–water partition coefficient (Wildman–Crippen LogP) is 1.78. The summed E-state index contributed by atoms with van der Waals surface area (Å²) in [5, 5.41) is 2.86. The number of aliphatic imine (C=N–C) groups is 1. The molecule has 17 heavy (non-hydrogen) atoms. The third-order valence-electron chi connectivity index (χ3n) is 1.93. The lowest BCUT2D eigenvalue weighted by molar-refractivity contribution is -0.135. The van der Waals surface area contributed by atoms with Crippen molar-refractivity contribution in [3.05, 3.63) is 0 Å². The molecule has 0 fully saturated rings. The van der Waals surface area contributed by atoms with Gasteiger partial charge in [-0.25, -0.2) is 5.84 Å². The number of hydrogen-bond acceptors (Lipinski definition) is 2. The number of nitrogens with zero attached hydrogens (tertiary/aromatic N) is 1. The number of guanidine groups is 1. The third kappa shape index (κ3) is 11.3. The molecule has 0 bridgehead atoms. The number of hydrogen-bond donors (Lipinski definition) is 3. The maximum atomic E-state index is 11.8. The topological polar surface area (TPSA) is 62.4 Å². The number of hydrazine groups is 1. The van der Waals surface area contributed by atoms with Gasteiger partial charge in [0, 0.05) is 19.5 Å². The SMILES string of the molecule is CC(C)CN=C(NN)NCCCCC(F)(F)F. The van der Waals surface area contributed by atoms with Gasteiger partial charge in [0.2, 0.25) is 5.96 Å². The van der Waals surface area contributed by atoms with E-state index in [1.165, 1.54) is 0 Å². The highest BCUT2D eigenvalue weighted by molar-refractivity contribution is 5.79. The average molecular weight is 254 g/mol. The molecule has 0 aromatic rings. The first-order valence-electron chi connectivity index (χ1n) is 5.67. The second kappa shape index (κ2) is 8.16. The molecular weight excluding hydrogens is 233 g/mol. The van der Waals surface area contributed by atoms with Crippen LogP contribution in [-0.4, -0.2) is 25.2 Å². The Kier molecular flexibility index (Phi) is 7.69. The molecule has 7 heteroatoms. The summed E-state index contributed by atoms with van der Waals surface area (Å²) < 4.78 is 35.5. The summed E-state index contributed by atoms with van der Waals surface area (Å²) in [7, 11) is 0. The van der Waals surface area contributed by atoms with Crippen molar-refractivity contribution in [3.63, 3.8) is 0 Å². The Bertz CT molecular complexity index is 226. The second-order valence-corrected chi connectivity index (χ2v) is 4.23. The van der Waals surface area contributed by atoms with Crippen molar-refractivity contribution in [2.24, 2.45) is 16.8 Å². The minimum absolute atomic E-state index is 0.110. The number of nitrogens with two attached hydrogens (primary N) is 1. The zero-order chi connectivity index (χ0) is 13.3. The molecule has 0 amide bonds. The van der Waals surface area contributed by atoms with E-state index in [1.54, 1.807) is 0 Å². The highest BCUT2D eigenvalue weighted by Crippen LogP contribution is 2.21. The Balaban J connectivity index is 3.67. The van der Waals surface area contributed by atoms with Crippen molar-refractivity contribution in [3.8, 4) is 0 Å². The average Bonchev–Trinajstić information content (AvgIpc) is 2.20. The molecule has 0 aromatic heterocycles. The monoisotopic (exact) mass is 254 g/mol. The first-order chi connectivity index (χ1) is 7.85. The van der Waals surface area contributed by atoms with Crippen molar-refractivity contribution < 1.29 is 13.2 Å². The van der Waals surface area contributed by atoms with Gasteiger partial charge in [-0.15, -0.1) is 0 Å². The van der Waals surface area contributed by atoms with E-state index in [-0.39, 0.29) is 6.42 Å². The highest BCUT2D eigenvalue weighted by atomic mass is 19.4. The van der Waals surface area contributed by atoms with Gasteiger partial charge in [0.25, 0.3) is 0 Å². The van der Waals surface area contributed by atoms with Crippen molar-refractivity contribution in [1.29, 1.82) is 0 Å². The van der Waals surface area contributed by atoms with Crippen LogP contribution in [0.25, 0.3) is 0 Å². The van der Waals surface area contributed by atoms with Crippen LogP contribution in [0.1, 0.15) is 33.1 Å². The quantitative estimate of drug-likeness (QED) is 0.223. The Morgan fingerprint density at radius 1 is 1.29 bits per heavy atom. The van der Waals surface area contributed by atoms with Gasteiger partial charge in [-0.3, -0.25) is 10.4 Å². The van der Waals surface area contributed by atoms with E-state index < -0.39 is 12.6 Å². The van der Waals surface area contributed by atoms with Gasteiger partial charge >= 0.3 is 6.18 Å². The fourth-order valence-corrected chi connectivity index (χ4v) is 1.08. The molecule has 0 heterocycles. The molecule has 0 aliphatic heterocycles. The minimum atomic E-state index is -4.07. The lowest BCUT2D eigenvalue weighted by atomic mass is 10.2. The predicted molar refractivity (Wildman–Crippen MR) is 62.4 cm³/mol. The fraction of sp³-hybridized carbons (Fsp3) is 0.900. The largest absolute Gasteiger partial charge is 0.389 e. The number of alkyl halides is 3. The second-order valence-electron chi connectivity index (χ2n) is 4.23. The Labute approximate surface area is 99.8 Å². The molecule has 102 valence electrons. The van der Waals surface area contributed by atoms with Crippen LogP contribution in [0.4, 0.5) is 13.2 Å². The van der Waals surface area contributed by atoms with Gasteiger partial charge < -0.3 is 5.32 Å².